The second-order valence-electron chi connectivity index (χ2n) is 9.67. The molecule has 2 aromatic heterocycles. The van der Waals surface area contributed by atoms with Crippen molar-refractivity contribution in [1.29, 1.82) is 0 Å². The number of benzene rings is 1. The Balaban J connectivity index is 0.000000222. The smallest absolute Gasteiger partial charge is 0.253 e. The molecule has 0 amide bonds. The molecule has 0 aliphatic heterocycles. The molecule has 1 aromatic carbocycles. The number of halogens is 4. The summed E-state index contributed by atoms with van der Waals surface area (Å²) in [4.78, 5) is 13.1. The lowest BCUT2D eigenvalue weighted by atomic mass is 9.93. The van der Waals surface area contributed by atoms with Gasteiger partial charge in [-0.3, -0.25) is 9.98 Å². The van der Waals surface area contributed by atoms with Crippen molar-refractivity contribution in [3.05, 3.63) is 87.6 Å². The predicted molar refractivity (Wildman–Crippen MR) is 152 cm³/mol. The zero-order chi connectivity index (χ0) is 29.6. The third-order valence-electron chi connectivity index (χ3n) is 6.49. The minimum atomic E-state index is -2.51. The predicted octanol–water partition coefficient (Wildman–Crippen LogP) is 6.95. The van der Waals surface area contributed by atoms with Crippen LogP contribution in [-0.4, -0.2) is 27.4 Å². The minimum absolute atomic E-state index is 0.183. The van der Waals surface area contributed by atoms with Gasteiger partial charge < -0.3 is 9.15 Å². The molecule has 1 aliphatic carbocycles. The highest BCUT2D eigenvalue weighted by molar-refractivity contribution is 8.04. The number of hydrogen-bond donors (Lipinski definition) is 0. The lowest BCUT2D eigenvalue weighted by Gasteiger charge is -2.20. The van der Waals surface area contributed by atoms with Crippen LogP contribution in [0.5, 0.6) is 5.75 Å². The first-order chi connectivity index (χ1) is 18.9. The molecule has 2 unspecified atom stereocenters. The standard InChI is InChI=1S/C16H18F4S.C14H15N3O2/c1-8(2)21-16(15(19)20)7-12(16)10(4)11-5-9(3)6-13(17)14(11)18;1-4-15-11(3)14-10(2)7-12(8-17-14)19-9-13-16-5-6-18-13/h5-6,10,12,15H,1,7H2,2-4H3;4-8H,2,9H2,1,3H3/b;14-11+,15-4?/t10?,12?,16-;/m0./s1. The monoisotopic (exact) mass is 575 g/mol. The van der Waals surface area contributed by atoms with Gasteiger partial charge in [0.15, 0.2) is 18.2 Å². The van der Waals surface area contributed by atoms with E-state index in [1.807, 2.05) is 19.9 Å². The number of aryl methyl sites for hydroxylation is 1. The Labute approximate surface area is 235 Å². The maximum absolute atomic E-state index is 13.9. The molecule has 0 N–H and O–H groups in total. The number of oxazole rings is 1. The van der Waals surface area contributed by atoms with Crippen molar-refractivity contribution in [3.8, 4) is 5.75 Å². The van der Waals surface area contributed by atoms with E-state index in [0.29, 0.717) is 28.5 Å². The van der Waals surface area contributed by atoms with Crippen LogP contribution in [0, 0.1) is 24.5 Å². The first-order valence-electron chi connectivity index (χ1n) is 12.6. The van der Waals surface area contributed by atoms with Crippen LogP contribution in [0.15, 0.2) is 57.7 Å². The average Bonchev–Trinajstić information content (AvgIpc) is 3.36. The molecular formula is C30H33F4N3O2S. The maximum Gasteiger partial charge on any atom is 0.253 e. The summed E-state index contributed by atoms with van der Waals surface area (Å²) in [5.74, 6) is -1.54. The molecule has 4 rings (SSSR count). The Hall–Kier alpha value is -3.40. The number of thioether (sulfide) groups is 1. The fourth-order valence-electron chi connectivity index (χ4n) is 4.54. The summed E-state index contributed by atoms with van der Waals surface area (Å²) < 4.78 is 63.6. The summed E-state index contributed by atoms with van der Waals surface area (Å²) in [6, 6.07) is 4.48. The molecular weight excluding hydrogens is 542 g/mol. The molecule has 0 radical (unpaired) electrons. The fourth-order valence-corrected chi connectivity index (χ4v) is 5.89. The van der Waals surface area contributed by atoms with Crippen molar-refractivity contribution in [2.45, 2.75) is 64.7 Å². The van der Waals surface area contributed by atoms with E-state index in [-0.39, 0.29) is 18.1 Å². The van der Waals surface area contributed by atoms with E-state index in [1.54, 1.807) is 45.4 Å². The second kappa shape index (κ2) is 13.3. The number of ether oxygens (including phenoxy) is 1. The summed E-state index contributed by atoms with van der Waals surface area (Å²) in [5, 5.41) is 1.54. The van der Waals surface area contributed by atoms with Crippen molar-refractivity contribution in [1.82, 2.24) is 9.97 Å². The average molecular weight is 576 g/mol. The highest BCUT2D eigenvalue weighted by Gasteiger charge is 2.63. The van der Waals surface area contributed by atoms with Gasteiger partial charge in [-0.2, -0.15) is 0 Å². The van der Waals surface area contributed by atoms with Gasteiger partial charge in [-0.05, 0) is 79.3 Å². The van der Waals surface area contributed by atoms with Crippen molar-refractivity contribution < 1.29 is 26.7 Å². The highest BCUT2D eigenvalue weighted by Crippen LogP contribution is 2.64. The van der Waals surface area contributed by atoms with E-state index in [4.69, 9.17) is 9.15 Å². The van der Waals surface area contributed by atoms with Crippen LogP contribution in [0.2, 0.25) is 0 Å². The van der Waals surface area contributed by atoms with Gasteiger partial charge in [0, 0.05) is 6.21 Å². The first kappa shape index (κ1) is 31.1. The van der Waals surface area contributed by atoms with Crippen molar-refractivity contribution in [2.24, 2.45) is 10.9 Å². The van der Waals surface area contributed by atoms with Gasteiger partial charge in [0.05, 0.1) is 28.2 Å². The Morgan fingerprint density at radius 1 is 1.27 bits per heavy atom. The van der Waals surface area contributed by atoms with Crippen LogP contribution in [0.25, 0.3) is 12.3 Å². The Morgan fingerprint density at radius 3 is 2.58 bits per heavy atom. The van der Waals surface area contributed by atoms with Gasteiger partial charge in [-0.15, -0.1) is 11.8 Å². The van der Waals surface area contributed by atoms with E-state index in [1.165, 1.54) is 6.26 Å². The van der Waals surface area contributed by atoms with Crippen LogP contribution in [0.4, 0.5) is 17.6 Å². The molecule has 0 saturated heterocycles. The second-order valence-corrected chi connectivity index (χ2v) is 11.3. The van der Waals surface area contributed by atoms with Crippen molar-refractivity contribution in [2.75, 3.05) is 0 Å². The number of aromatic nitrogens is 2. The zero-order valence-electron chi connectivity index (χ0n) is 23.2. The molecule has 1 aliphatic rings. The topological polar surface area (TPSA) is 60.5 Å². The SMILES string of the molecule is C=C(C)S[C@@]1(C(F)F)CC1C(C)c1cc(C)cc(F)c1F.C=c1cc(OCc2ncco2)cn/c1=C(\C)N=CC. The van der Waals surface area contributed by atoms with E-state index in [9.17, 15) is 17.6 Å². The lowest BCUT2D eigenvalue weighted by molar-refractivity contribution is 0.129. The van der Waals surface area contributed by atoms with Crippen molar-refractivity contribution in [3.63, 3.8) is 0 Å². The Morgan fingerprint density at radius 2 is 2.00 bits per heavy atom. The number of hydrogen-bond acceptors (Lipinski definition) is 6. The summed E-state index contributed by atoms with van der Waals surface area (Å²) in [5.41, 5.74) is 1.60. The van der Waals surface area contributed by atoms with Crippen LogP contribution in [0.1, 0.15) is 57.1 Å². The molecule has 1 saturated carbocycles. The lowest BCUT2D eigenvalue weighted by Crippen LogP contribution is -2.28. The molecule has 2 heterocycles. The molecule has 214 valence electrons. The third kappa shape index (κ3) is 7.41. The molecule has 3 atom stereocenters. The summed E-state index contributed by atoms with van der Waals surface area (Å²) in [7, 11) is 0. The van der Waals surface area contributed by atoms with Crippen molar-refractivity contribution >= 4 is 30.3 Å². The summed E-state index contributed by atoms with van der Waals surface area (Å²) >= 11 is 1.06. The van der Waals surface area contributed by atoms with E-state index >= 15 is 0 Å². The Kier molecular flexibility index (Phi) is 10.4. The first-order valence-corrected chi connectivity index (χ1v) is 13.4. The molecule has 0 bridgehead atoms. The molecule has 40 heavy (non-hydrogen) atoms. The number of pyridine rings is 1. The molecule has 10 heteroatoms. The van der Waals surface area contributed by atoms with Crippen LogP contribution in [0.3, 0.4) is 0 Å². The number of rotatable bonds is 9. The Bertz CT molecular complexity index is 1480. The van der Waals surface area contributed by atoms with Gasteiger partial charge in [0.25, 0.3) is 6.43 Å². The summed E-state index contributed by atoms with van der Waals surface area (Å²) in [6.45, 7) is 16.7. The van der Waals surface area contributed by atoms with E-state index < -0.39 is 28.7 Å². The maximum atomic E-state index is 13.9. The molecule has 0 spiro atoms. The van der Waals surface area contributed by atoms with E-state index in [0.717, 1.165) is 34.1 Å². The quantitative estimate of drug-likeness (QED) is 0.204. The number of nitrogens with zero attached hydrogens (tertiary/aromatic N) is 3. The number of allylic oxidation sites excluding steroid dienone is 1. The van der Waals surface area contributed by atoms with Gasteiger partial charge in [0.2, 0.25) is 5.89 Å². The van der Waals surface area contributed by atoms with Crippen LogP contribution >= 0.6 is 11.8 Å². The number of aliphatic imine (C=N–C) groups is 1. The highest BCUT2D eigenvalue weighted by atomic mass is 32.2. The molecule has 3 aromatic rings. The summed E-state index contributed by atoms with van der Waals surface area (Å²) in [6.07, 6.45) is 4.23. The third-order valence-corrected chi connectivity index (χ3v) is 7.86. The van der Waals surface area contributed by atoms with E-state index in [2.05, 4.69) is 28.1 Å². The fraction of sp³-hybridized carbons (Fsp3) is 0.367. The normalized spacial score (nSPS) is 19.7. The molecule has 5 nitrogen and oxygen atoms in total. The zero-order valence-corrected chi connectivity index (χ0v) is 24.0. The van der Waals surface area contributed by atoms with Gasteiger partial charge in [0.1, 0.15) is 12.0 Å². The van der Waals surface area contributed by atoms with Gasteiger partial charge in [-0.25, -0.2) is 22.5 Å². The number of alkyl halides is 2. The van der Waals surface area contributed by atoms with Crippen LogP contribution < -0.4 is 15.3 Å². The molecule has 1 fully saturated rings. The van der Waals surface area contributed by atoms with Gasteiger partial charge >= 0.3 is 0 Å². The van der Waals surface area contributed by atoms with Crippen LogP contribution in [-0.2, 0) is 6.61 Å². The largest absolute Gasteiger partial charge is 0.482 e. The minimum Gasteiger partial charge on any atom is -0.482 e. The van der Waals surface area contributed by atoms with Gasteiger partial charge in [-0.1, -0.05) is 26.1 Å².